The predicted molar refractivity (Wildman–Crippen MR) is 236 cm³/mol. The first-order valence-corrected chi connectivity index (χ1v) is 20.5. The Morgan fingerprint density at radius 3 is 1.72 bits per heavy atom. The van der Waals surface area contributed by atoms with Crippen molar-refractivity contribution in [2.45, 2.75) is 146 Å². The molecule has 0 atom stereocenters. The zero-order valence-electron chi connectivity index (χ0n) is 39.5. The summed E-state index contributed by atoms with van der Waals surface area (Å²) in [5.41, 5.74) is 3.83. The maximum Gasteiger partial charge on any atom is 0.247 e. The van der Waals surface area contributed by atoms with Crippen molar-refractivity contribution in [1.29, 1.82) is 0 Å². The van der Waals surface area contributed by atoms with Crippen LogP contribution in [0.3, 0.4) is 0 Å². The fourth-order valence-corrected chi connectivity index (χ4v) is 4.76. The monoisotopic (exact) mass is 850 g/mol. The van der Waals surface area contributed by atoms with Crippen molar-refractivity contribution in [3.8, 4) is 0 Å². The topological polar surface area (TPSA) is 210 Å². The summed E-state index contributed by atoms with van der Waals surface area (Å²) in [6, 6.07) is 2.50. The first-order valence-electron chi connectivity index (χ1n) is 20.5. The number of imidazole rings is 1. The lowest BCUT2D eigenvalue weighted by Crippen LogP contribution is -2.13. The third-order valence-electron chi connectivity index (χ3n) is 8.04. The zero-order chi connectivity index (χ0) is 46.2. The molecule has 1 amide bonds. The third-order valence-corrected chi connectivity index (χ3v) is 8.04. The molecular formula is C43H71N13O5. The van der Waals surface area contributed by atoms with Gasteiger partial charge in [0, 0.05) is 75.0 Å². The minimum atomic E-state index is 0.0109. The van der Waals surface area contributed by atoms with Crippen molar-refractivity contribution < 1.29 is 23.3 Å². The highest BCUT2D eigenvalue weighted by Gasteiger charge is 2.10. The summed E-state index contributed by atoms with van der Waals surface area (Å²) < 4.78 is 20.3. The molecule has 0 radical (unpaired) electrons. The number of aliphatic hydroxyl groups excluding tert-OH is 1. The van der Waals surface area contributed by atoms with Gasteiger partial charge in [0.2, 0.25) is 18.2 Å². The summed E-state index contributed by atoms with van der Waals surface area (Å²) in [5.74, 6) is 5.69. The zero-order valence-corrected chi connectivity index (χ0v) is 39.5. The fourth-order valence-electron chi connectivity index (χ4n) is 4.76. The van der Waals surface area contributed by atoms with Gasteiger partial charge in [0.05, 0.1) is 36.3 Å². The second-order valence-corrected chi connectivity index (χ2v) is 15.9. The second-order valence-electron chi connectivity index (χ2n) is 15.9. The van der Waals surface area contributed by atoms with Crippen molar-refractivity contribution in [2.75, 3.05) is 7.05 Å². The molecule has 0 saturated carbocycles. The molecule has 0 unspecified atom stereocenters. The molecule has 1 aliphatic heterocycles. The molecule has 0 aromatic carbocycles. The Morgan fingerprint density at radius 2 is 1.48 bits per heavy atom. The van der Waals surface area contributed by atoms with Crippen molar-refractivity contribution >= 4 is 12.1 Å². The summed E-state index contributed by atoms with van der Waals surface area (Å²) in [5, 5.41) is 33.1. The highest BCUT2D eigenvalue weighted by molar-refractivity contribution is 5.93. The van der Waals surface area contributed by atoms with E-state index in [0.717, 1.165) is 40.2 Å². The maximum atomic E-state index is 10.4. The van der Waals surface area contributed by atoms with Gasteiger partial charge >= 0.3 is 0 Å². The van der Waals surface area contributed by atoms with Gasteiger partial charge in [0.15, 0.2) is 11.7 Å². The SMILES string of the molecule is CC(C)c1ncco1.CC(C)c1ncn(C)n1.CC(C)c1nnco1.CC(C)c1nocc1CO.CN1N=CCC1=O.Cc1ccn(C(C)C)n1.Cc1cn(C)c(C(C)C)n1. The van der Waals surface area contributed by atoms with Gasteiger partial charge in [-0.3, -0.25) is 14.2 Å². The van der Waals surface area contributed by atoms with Crippen LogP contribution in [0.2, 0.25) is 0 Å². The molecule has 6 aromatic rings. The van der Waals surface area contributed by atoms with Crippen molar-refractivity contribution in [2.24, 2.45) is 19.2 Å². The number of carbonyl (C=O) groups is 1. The lowest BCUT2D eigenvalue weighted by atomic mass is 10.1. The van der Waals surface area contributed by atoms with E-state index in [9.17, 15) is 4.79 Å². The van der Waals surface area contributed by atoms with E-state index in [4.69, 9.17) is 13.9 Å². The molecule has 0 fully saturated rings. The molecule has 1 N–H and O–H groups in total. The lowest BCUT2D eigenvalue weighted by Gasteiger charge is -2.02. The van der Waals surface area contributed by atoms with Crippen LogP contribution >= 0.6 is 0 Å². The number of oxazole rings is 1. The van der Waals surface area contributed by atoms with Gasteiger partial charge in [-0.15, -0.1) is 10.2 Å². The number of carbonyl (C=O) groups excluding carboxylic acids is 1. The standard InChI is InChI=1S/C8H14N2.C7H12N2.C7H11NO2.C6H11N3.C6H9NO.C5H8N2O.C4H6N2O/c1-6(2)8-9-7(3)5-10(8)4;1-6(2)9-5-4-7(3)8-9;1-5(2)7-6(3-9)4-10-8-7;1-5(2)6-7-4-9(3)8-6;1-5(2)6-7-3-4-8-6;1-4(2)5-7-6-3-8-5;1-6-4(7)2-3-5-6/h5-6H,1-4H3;4-6H,1-3H3;4-5,9H,3H2,1-2H3;4-5H,1-3H3;3-5H,1-2H3;3-4H,1-2H3;3H,2H2,1H3. The molecule has 338 valence electrons. The van der Waals surface area contributed by atoms with Crippen molar-refractivity contribution in [1.82, 2.24) is 59.4 Å². The highest BCUT2D eigenvalue weighted by atomic mass is 16.5. The van der Waals surface area contributed by atoms with E-state index in [2.05, 4.69) is 102 Å². The van der Waals surface area contributed by atoms with Crippen molar-refractivity contribution in [3.63, 3.8) is 0 Å². The van der Waals surface area contributed by atoms with Gasteiger partial charge < -0.3 is 23.0 Å². The smallest absolute Gasteiger partial charge is 0.247 e. The Bertz CT molecular complexity index is 1950. The van der Waals surface area contributed by atoms with Crippen LogP contribution in [0, 0.1) is 13.8 Å². The molecule has 6 aromatic heterocycles. The molecular weight excluding hydrogens is 779 g/mol. The number of hydrazone groups is 1. The average molecular weight is 850 g/mol. The molecule has 0 saturated heterocycles. The molecule has 0 bridgehead atoms. The van der Waals surface area contributed by atoms with E-state index in [1.807, 2.05) is 86.4 Å². The number of hydrogen-bond acceptors (Lipinski definition) is 14. The first kappa shape index (κ1) is 53.2. The Kier molecular flexibility index (Phi) is 24.3. The van der Waals surface area contributed by atoms with Crippen LogP contribution in [-0.2, 0) is 25.5 Å². The molecule has 0 aliphatic carbocycles. The van der Waals surface area contributed by atoms with Gasteiger partial charge in [-0.1, -0.05) is 74.4 Å². The van der Waals surface area contributed by atoms with E-state index in [1.54, 1.807) is 36.7 Å². The van der Waals surface area contributed by atoms with Gasteiger partial charge in [0.1, 0.15) is 24.7 Å². The quantitative estimate of drug-likeness (QED) is 0.160. The summed E-state index contributed by atoms with van der Waals surface area (Å²) in [6.45, 7) is 28.9. The highest BCUT2D eigenvalue weighted by Crippen LogP contribution is 2.17. The Balaban J connectivity index is 0.000000357. The molecule has 1 aliphatic rings. The summed E-state index contributed by atoms with van der Waals surface area (Å²) in [6.07, 6.45) is 13.9. The van der Waals surface area contributed by atoms with Crippen LogP contribution in [0.25, 0.3) is 0 Å². The molecule has 0 spiro atoms. The number of hydrogen-bond donors (Lipinski definition) is 1. The first-order chi connectivity index (χ1) is 28.7. The largest absolute Gasteiger partial charge is 0.449 e. The van der Waals surface area contributed by atoms with E-state index in [0.29, 0.717) is 47.9 Å². The van der Waals surface area contributed by atoms with E-state index < -0.39 is 0 Å². The molecule has 7 heterocycles. The normalized spacial score (nSPS) is 11.6. The average Bonchev–Trinajstić information content (AvgIpc) is 4.04. The molecule has 7 rings (SSSR count). The Labute approximate surface area is 361 Å². The number of aryl methyl sites for hydroxylation is 4. The summed E-state index contributed by atoms with van der Waals surface area (Å²) in [7, 11) is 5.56. The molecule has 18 heteroatoms. The van der Waals surface area contributed by atoms with Gasteiger partial charge in [0.25, 0.3) is 0 Å². The number of aliphatic hydroxyl groups is 1. The van der Waals surface area contributed by atoms with Crippen LogP contribution in [0.4, 0.5) is 0 Å². The summed E-state index contributed by atoms with van der Waals surface area (Å²) in [4.78, 5) is 22.8. The third kappa shape index (κ3) is 20.8. The van der Waals surface area contributed by atoms with Crippen LogP contribution < -0.4 is 0 Å². The number of aromatic nitrogens is 11. The van der Waals surface area contributed by atoms with Gasteiger partial charge in [-0.25, -0.2) is 20.0 Å². The fraction of sp³-hybridized carbons (Fsp3) is 0.581. The van der Waals surface area contributed by atoms with E-state index >= 15 is 0 Å². The maximum absolute atomic E-state index is 10.4. The minimum Gasteiger partial charge on any atom is -0.449 e. The van der Waals surface area contributed by atoms with E-state index in [1.165, 1.54) is 17.7 Å². The van der Waals surface area contributed by atoms with Crippen LogP contribution in [0.5, 0.6) is 0 Å². The second kappa shape index (κ2) is 27.9. The molecule has 18 nitrogen and oxygen atoms in total. The summed E-state index contributed by atoms with van der Waals surface area (Å²) >= 11 is 0. The van der Waals surface area contributed by atoms with Gasteiger partial charge in [-0.05, 0) is 39.7 Å². The Hall–Kier alpha value is -5.78. The van der Waals surface area contributed by atoms with Crippen molar-refractivity contribution in [3.05, 3.63) is 96.0 Å². The number of amides is 1. The van der Waals surface area contributed by atoms with Crippen LogP contribution in [0.1, 0.15) is 171 Å². The lowest BCUT2D eigenvalue weighted by molar-refractivity contribution is -0.127. The number of rotatable bonds is 7. The minimum absolute atomic E-state index is 0.0109. The Morgan fingerprint density at radius 1 is 0.803 bits per heavy atom. The number of nitrogens with zero attached hydrogens (tertiary/aromatic N) is 13. The van der Waals surface area contributed by atoms with E-state index in [-0.39, 0.29) is 12.5 Å². The molecule has 61 heavy (non-hydrogen) atoms. The van der Waals surface area contributed by atoms with Gasteiger partial charge in [-0.2, -0.15) is 15.3 Å². The predicted octanol–water partition coefficient (Wildman–Crippen LogP) is 8.68. The van der Waals surface area contributed by atoms with Crippen LogP contribution in [-0.4, -0.2) is 83.7 Å². The van der Waals surface area contributed by atoms with Crippen LogP contribution in [0.15, 0.2) is 68.4 Å².